The van der Waals surface area contributed by atoms with Gasteiger partial charge in [0.2, 0.25) is 0 Å². The molecule has 0 saturated carbocycles. The van der Waals surface area contributed by atoms with Gasteiger partial charge in [-0.3, -0.25) is 0 Å². The minimum atomic E-state index is -1.11. The summed E-state index contributed by atoms with van der Waals surface area (Å²) < 4.78 is 0. The SMILES string of the molecule is N#Cc1ccc(C(=O)O)c(NC(N)=S)c1. The quantitative estimate of drug-likeness (QED) is 0.642. The second-order valence-corrected chi connectivity index (χ2v) is 3.11. The number of thiocarbonyl (C=S) groups is 1. The van der Waals surface area contributed by atoms with Crippen molar-refractivity contribution in [2.75, 3.05) is 5.32 Å². The number of carboxylic acid groups (broad SMARTS) is 1. The Bertz CT molecular complexity index is 465. The summed E-state index contributed by atoms with van der Waals surface area (Å²) in [6, 6.07) is 6.00. The first-order chi connectivity index (χ1) is 7.04. The third-order valence-corrected chi connectivity index (χ3v) is 1.74. The fourth-order valence-corrected chi connectivity index (χ4v) is 1.15. The second-order valence-electron chi connectivity index (χ2n) is 2.67. The highest BCUT2D eigenvalue weighted by atomic mass is 32.1. The van der Waals surface area contributed by atoms with Crippen LogP contribution in [0, 0.1) is 11.3 Å². The summed E-state index contributed by atoms with van der Waals surface area (Å²) in [5, 5.41) is 19.9. The van der Waals surface area contributed by atoms with Crippen LogP contribution >= 0.6 is 12.2 Å². The Balaban J connectivity index is 3.23. The van der Waals surface area contributed by atoms with E-state index in [0.29, 0.717) is 5.56 Å². The van der Waals surface area contributed by atoms with Crippen LogP contribution in [0.1, 0.15) is 15.9 Å². The summed E-state index contributed by atoms with van der Waals surface area (Å²) in [6.45, 7) is 0. The lowest BCUT2D eigenvalue weighted by atomic mass is 10.1. The maximum Gasteiger partial charge on any atom is 0.337 e. The maximum absolute atomic E-state index is 10.8. The number of nitriles is 1. The van der Waals surface area contributed by atoms with Gasteiger partial charge in [0.15, 0.2) is 5.11 Å². The number of anilines is 1. The number of hydrogen-bond acceptors (Lipinski definition) is 3. The molecule has 0 atom stereocenters. The highest BCUT2D eigenvalue weighted by Crippen LogP contribution is 2.17. The Morgan fingerprint density at radius 2 is 2.27 bits per heavy atom. The zero-order chi connectivity index (χ0) is 11.4. The molecule has 76 valence electrons. The Morgan fingerprint density at radius 3 is 2.73 bits per heavy atom. The Kier molecular flexibility index (Phi) is 3.21. The lowest BCUT2D eigenvalue weighted by Gasteiger charge is -2.07. The molecule has 0 aliphatic carbocycles. The topological polar surface area (TPSA) is 99.1 Å². The normalized spacial score (nSPS) is 9.00. The lowest BCUT2D eigenvalue weighted by Crippen LogP contribution is -2.20. The van der Waals surface area contributed by atoms with E-state index in [2.05, 4.69) is 17.5 Å². The molecule has 0 unspecified atom stereocenters. The molecule has 0 bridgehead atoms. The van der Waals surface area contributed by atoms with Crippen LogP contribution in [0.15, 0.2) is 18.2 Å². The van der Waals surface area contributed by atoms with Gasteiger partial charge in [-0.2, -0.15) is 5.26 Å². The molecule has 1 rings (SSSR count). The van der Waals surface area contributed by atoms with Crippen LogP contribution in [0.2, 0.25) is 0 Å². The summed E-state index contributed by atoms with van der Waals surface area (Å²) in [7, 11) is 0. The number of aromatic carboxylic acids is 1. The molecule has 5 nitrogen and oxygen atoms in total. The summed E-state index contributed by atoms with van der Waals surface area (Å²) in [5.74, 6) is -1.11. The summed E-state index contributed by atoms with van der Waals surface area (Å²) in [5.41, 5.74) is 5.79. The van der Waals surface area contributed by atoms with Gasteiger partial charge in [0.05, 0.1) is 22.9 Å². The summed E-state index contributed by atoms with van der Waals surface area (Å²) in [4.78, 5) is 10.8. The van der Waals surface area contributed by atoms with E-state index in [0.717, 1.165) is 0 Å². The van der Waals surface area contributed by atoms with Gasteiger partial charge in [-0.05, 0) is 30.4 Å². The molecule has 0 spiro atoms. The van der Waals surface area contributed by atoms with Crippen LogP contribution in [0.3, 0.4) is 0 Å². The average Bonchev–Trinajstić information content (AvgIpc) is 2.16. The lowest BCUT2D eigenvalue weighted by molar-refractivity contribution is 0.0698. The van der Waals surface area contributed by atoms with Crippen molar-refractivity contribution >= 4 is 29.0 Å². The first-order valence-electron chi connectivity index (χ1n) is 3.88. The van der Waals surface area contributed by atoms with Crippen LogP contribution in [0.5, 0.6) is 0 Å². The summed E-state index contributed by atoms with van der Waals surface area (Å²) >= 11 is 4.59. The van der Waals surface area contributed by atoms with Crippen LogP contribution < -0.4 is 11.1 Å². The first kappa shape index (κ1) is 10.9. The van der Waals surface area contributed by atoms with Crippen LogP contribution in [0.25, 0.3) is 0 Å². The number of nitrogens with zero attached hydrogens (tertiary/aromatic N) is 1. The van der Waals surface area contributed by atoms with E-state index in [4.69, 9.17) is 16.1 Å². The molecule has 0 amide bonds. The van der Waals surface area contributed by atoms with Gasteiger partial charge < -0.3 is 16.2 Å². The minimum Gasteiger partial charge on any atom is -0.478 e. The van der Waals surface area contributed by atoms with Gasteiger partial charge in [0.1, 0.15) is 0 Å². The van der Waals surface area contributed by atoms with Gasteiger partial charge >= 0.3 is 5.97 Å². The van der Waals surface area contributed by atoms with Gasteiger partial charge in [0, 0.05) is 0 Å². The largest absolute Gasteiger partial charge is 0.478 e. The second kappa shape index (κ2) is 4.39. The number of nitrogens with one attached hydrogen (secondary N) is 1. The molecular weight excluding hydrogens is 214 g/mol. The highest BCUT2D eigenvalue weighted by Gasteiger charge is 2.10. The van der Waals surface area contributed by atoms with Crippen molar-refractivity contribution < 1.29 is 9.90 Å². The smallest absolute Gasteiger partial charge is 0.337 e. The number of rotatable bonds is 2. The molecule has 0 fully saturated rings. The molecule has 1 aromatic rings. The fraction of sp³-hybridized carbons (Fsp3) is 0. The van der Waals surface area contributed by atoms with Crippen molar-refractivity contribution in [3.05, 3.63) is 29.3 Å². The van der Waals surface area contributed by atoms with Gasteiger partial charge in [-0.15, -0.1) is 0 Å². The zero-order valence-electron chi connectivity index (χ0n) is 7.52. The predicted molar refractivity (Wildman–Crippen MR) is 58.5 cm³/mol. The molecule has 15 heavy (non-hydrogen) atoms. The van der Waals surface area contributed by atoms with E-state index in [1.165, 1.54) is 18.2 Å². The van der Waals surface area contributed by atoms with Gasteiger partial charge in [-0.25, -0.2) is 4.79 Å². The van der Waals surface area contributed by atoms with E-state index in [9.17, 15) is 4.79 Å². The van der Waals surface area contributed by atoms with Crippen molar-refractivity contribution in [2.24, 2.45) is 5.73 Å². The van der Waals surface area contributed by atoms with Crippen LogP contribution in [-0.2, 0) is 0 Å². The van der Waals surface area contributed by atoms with Gasteiger partial charge in [0.25, 0.3) is 0 Å². The minimum absolute atomic E-state index is 0.0156. The third kappa shape index (κ3) is 2.65. The number of carboxylic acids is 1. The van der Waals surface area contributed by atoms with Crippen molar-refractivity contribution in [1.82, 2.24) is 0 Å². The molecule has 4 N–H and O–H groups in total. The number of benzene rings is 1. The number of nitrogens with two attached hydrogens (primary N) is 1. The molecule has 0 saturated heterocycles. The summed E-state index contributed by atoms with van der Waals surface area (Å²) in [6.07, 6.45) is 0. The Hall–Kier alpha value is -2.13. The van der Waals surface area contributed by atoms with Crippen LogP contribution in [0.4, 0.5) is 5.69 Å². The van der Waals surface area contributed by atoms with Crippen LogP contribution in [-0.4, -0.2) is 16.2 Å². The molecule has 0 aromatic heterocycles. The number of carbonyl (C=O) groups is 1. The van der Waals surface area contributed by atoms with Crippen molar-refractivity contribution in [2.45, 2.75) is 0 Å². The Labute approximate surface area is 91.1 Å². The molecule has 0 aliphatic rings. The predicted octanol–water partition coefficient (Wildman–Crippen LogP) is 0.912. The third-order valence-electron chi connectivity index (χ3n) is 1.64. The fourth-order valence-electron chi connectivity index (χ4n) is 1.04. The van der Waals surface area contributed by atoms with Crippen molar-refractivity contribution in [3.8, 4) is 6.07 Å². The maximum atomic E-state index is 10.8. The van der Waals surface area contributed by atoms with E-state index < -0.39 is 5.97 Å². The average molecular weight is 221 g/mol. The van der Waals surface area contributed by atoms with E-state index in [1.54, 1.807) is 0 Å². The molecule has 6 heteroatoms. The number of hydrogen-bond donors (Lipinski definition) is 3. The van der Waals surface area contributed by atoms with Crippen molar-refractivity contribution in [3.63, 3.8) is 0 Å². The molecular formula is C9H7N3O2S. The molecule has 0 radical (unpaired) electrons. The van der Waals surface area contributed by atoms with E-state index >= 15 is 0 Å². The Morgan fingerprint density at radius 1 is 1.60 bits per heavy atom. The highest BCUT2D eigenvalue weighted by molar-refractivity contribution is 7.80. The molecule has 0 heterocycles. The zero-order valence-corrected chi connectivity index (χ0v) is 8.34. The standard InChI is InChI=1S/C9H7N3O2S/c10-4-5-1-2-6(8(13)14)7(3-5)12-9(11)15/h1-3H,(H,13,14)(H3,11,12,15). The monoisotopic (exact) mass is 221 g/mol. The van der Waals surface area contributed by atoms with E-state index in [-0.39, 0.29) is 16.4 Å². The van der Waals surface area contributed by atoms with Crippen molar-refractivity contribution in [1.29, 1.82) is 5.26 Å². The van der Waals surface area contributed by atoms with E-state index in [1.807, 2.05) is 6.07 Å². The molecule has 0 aliphatic heterocycles. The first-order valence-corrected chi connectivity index (χ1v) is 4.29. The molecule has 1 aromatic carbocycles. The van der Waals surface area contributed by atoms with Gasteiger partial charge in [-0.1, -0.05) is 0 Å².